The smallest absolute Gasteiger partial charge is 0.297 e. The monoisotopic (exact) mass is 522 g/mol. The first-order valence-electron chi connectivity index (χ1n) is 11.6. The summed E-state index contributed by atoms with van der Waals surface area (Å²) in [6, 6.07) is 11.2. The van der Waals surface area contributed by atoms with Gasteiger partial charge in [-0.15, -0.1) is 0 Å². The molecule has 0 aliphatic carbocycles. The lowest BCUT2D eigenvalue weighted by atomic mass is 9.98. The molecule has 0 fully saturated rings. The van der Waals surface area contributed by atoms with Gasteiger partial charge in [0.15, 0.2) is 16.3 Å². The molecule has 0 spiro atoms. The summed E-state index contributed by atoms with van der Waals surface area (Å²) in [6.07, 6.45) is 1.97. The number of rotatable bonds is 7. The van der Waals surface area contributed by atoms with Crippen molar-refractivity contribution in [3.05, 3.63) is 85.2 Å². The van der Waals surface area contributed by atoms with Crippen LogP contribution in [0.25, 0.3) is 11.0 Å². The summed E-state index contributed by atoms with van der Waals surface area (Å²) in [5, 5.41) is 1.01. The van der Waals surface area contributed by atoms with Crippen molar-refractivity contribution >= 4 is 50.7 Å². The number of halogens is 1. The molecular formula is C27H23ClN2O5S. The second kappa shape index (κ2) is 9.52. The van der Waals surface area contributed by atoms with Crippen molar-refractivity contribution in [2.75, 3.05) is 11.5 Å². The number of hydrogen-bond donors (Lipinski definition) is 0. The molecule has 2 aromatic carbocycles. The number of amides is 1. The maximum absolute atomic E-state index is 13.7. The average molecular weight is 523 g/mol. The van der Waals surface area contributed by atoms with E-state index in [1.165, 1.54) is 11.8 Å². The van der Waals surface area contributed by atoms with Crippen LogP contribution in [-0.4, -0.2) is 23.3 Å². The number of fused-ring (bicyclic) bond motifs is 2. The van der Waals surface area contributed by atoms with Crippen molar-refractivity contribution in [3.8, 4) is 5.75 Å². The van der Waals surface area contributed by atoms with Crippen LogP contribution in [0, 0.1) is 6.92 Å². The third-order valence-electron chi connectivity index (χ3n) is 6.11. The molecule has 4 aromatic rings. The van der Waals surface area contributed by atoms with Crippen LogP contribution in [0.3, 0.4) is 0 Å². The zero-order valence-corrected chi connectivity index (χ0v) is 21.5. The van der Waals surface area contributed by atoms with Gasteiger partial charge in [0.05, 0.1) is 34.2 Å². The third kappa shape index (κ3) is 4.10. The Bertz CT molecular complexity index is 1560. The molecule has 1 amide bonds. The molecule has 0 saturated heterocycles. The first-order valence-corrected chi connectivity index (χ1v) is 12.8. The van der Waals surface area contributed by atoms with Crippen LogP contribution in [0.5, 0.6) is 5.75 Å². The van der Waals surface area contributed by atoms with E-state index in [1.807, 2.05) is 24.3 Å². The first kappa shape index (κ1) is 24.2. The number of unbranched alkanes of at least 4 members (excludes halogenated alkanes) is 1. The molecule has 9 heteroatoms. The van der Waals surface area contributed by atoms with Gasteiger partial charge in [-0.3, -0.25) is 19.3 Å². The highest BCUT2D eigenvalue weighted by molar-refractivity contribution is 7.17. The van der Waals surface area contributed by atoms with Gasteiger partial charge in [-0.25, -0.2) is 4.98 Å². The predicted molar refractivity (Wildman–Crippen MR) is 140 cm³/mol. The number of hydrogen-bond acceptors (Lipinski definition) is 7. The fourth-order valence-electron chi connectivity index (χ4n) is 4.35. The van der Waals surface area contributed by atoms with Crippen molar-refractivity contribution in [1.82, 2.24) is 4.98 Å². The van der Waals surface area contributed by atoms with E-state index in [9.17, 15) is 14.4 Å². The summed E-state index contributed by atoms with van der Waals surface area (Å²) in [7, 11) is 0. The van der Waals surface area contributed by atoms with Crippen LogP contribution >= 0.6 is 22.9 Å². The number of benzene rings is 2. The Kier molecular flexibility index (Phi) is 6.40. The van der Waals surface area contributed by atoms with Crippen molar-refractivity contribution in [2.24, 2.45) is 0 Å². The Morgan fingerprint density at radius 1 is 1.19 bits per heavy atom. The van der Waals surface area contributed by atoms with Crippen LogP contribution in [0.15, 0.2) is 51.7 Å². The van der Waals surface area contributed by atoms with E-state index < -0.39 is 11.9 Å². The summed E-state index contributed by atoms with van der Waals surface area (Å²) < 4.78 is 11.7. The number of carbonyl (C=O) groups is 2. The van der Waals surface area contributed by atoms with E-state index in [4.69, 9.17) is 20.8 Å². The highest BCUT2D eigenvalue weighted by atomic mass is 35.5. The molecule has 2 aromatic heterocycles. The average Bonchev–Trinajstić information content (AvgIpc) is 3.38. The van der Waals surface area contributed by atoms with Crippen LogP contribution in [0.4, 0.5) is 5.13 Å². The molecule has 0 N–H and O–H groups in total. The fraction of sp³-hybridized carbons (Fsp3) is 0.259. The first-order chi connectivity index (χ1) is 17.3. The largest absolute Gasteiger partial charge is 0.494 e. The maximum atomic E-state index is 13.7. The normalized spacial score (nSPS) is 14.9. The summed E-state index contributed by atoms with van der Waals surface area (Å²) in [4.78, 5) is 45.9. The summed E-state index contributed by atoms with van der Waals surface area (Å²) in [5.74, 6) is 0.0288. The number of ketones is 1. The number of ether oxygens (including phenoxy) is 1. The van der Waals surface area contributed by atoms with E-state index >= 15 is 0 Å². The van der Waals surface area contributed by atoms with Gasteiger partial charge in [0.25, 0.3) is 5.91 Å². The standard InChI is InChI=1S/C27H23ClN2O5S/c1-4-5-12-34-18-9-6-16(7-10-18)22-21-23(32)19-13-17(28)8-11-20(19)35-24(21)26(33)30(22)27-29-14(2)25(36-27)15(3)31/h6-11,13,22H,4-5,12H2,1-3H3. The van der Waals surface area contributed by atoms with Gasteiger partial charge in [0.1, 0.15) is 11.3 Å². The lowest BCUT2D eigenvalue weighted by Crippen LogP contribution is -2.29. The van der Waals surface area contributed by atoms with Gasteiger partial charge >= 0.3 is 0 Å². The molecule has 0 bridgehead atoms. The zero-order valence-electron chi connectivity index (χ0n) is 20.0. The molecule has 1 atom stereocenters. The zero-order chi connectivity index (χ0) is 25.6. The second-order valence-corrected chi connectivity index (χ2v) is 10.0. The van der Waals surface area contributed by atoms with E-state index in [2.05, 4.69) is 11.9 Å². The van der Waals surface area contributed by atoms with Crippen molar-refractivity contribution < 1.29 is 18.7 Å². The van der Waals surface area contributed by atoms with Gasteiger partial charge in [0, 0.05) is 11.9 Å². The quantitative estimate of drug-likeness (QED) is 0.208. The Labute approximate surface area is 216 Å². The number of thiazole rings is 1. The molecule has 7 nitrogen and oxygen atoms in total. The predicted octanol–water partition coefficient (Wildman–Crippen LogP) is 6.34. The number of Topliss-reactive ketones (excluding diaryl/α,β-unsaturated/α-hetero) is 1. The minimum absolute atomic E-state index is 0.0414. The molecule has 3 heterocycles. The van der Waals surface area contributed by atoms with Crippen LogP contribution in [0.1, 0.15) is 69.8 Å². The van der Waals surface area contributed by atoms with Gasteiger partial charge in [-0.05, 0) is 49.2 Å². The molecule has 184 valence electrons. The van der Waals surface area contributed by atoms with Gasteiger partial charge < -0.3 is 9.15 Å². The molecule has 0 saturated carbocycles. The number of aromatic nitrogens is 1. The summed E-state index contributed by atoms with van der Waals surface area (Å²) >= 11 is 7.28. The molecule has 1 unspecified atom stereocenters. The van der Waals surface area contributed by atoms with Gasteiger partial charge in [-0.2, -0.15) is 0 Å². The Hall–Kier alpha value is -3.49. The van der Waals surface area contributed by atoms with E-state index in [0.29, 0.717) is 44.0 Å². The number of nitrogens with zero attached hydrogens (tertiary/aromatic N) is 2. The number of carbonyl (C=O) groups excluding carboxylic acids is 2. The number of anilines is 1. The highest BCUT2D eigenvalue weighted by Gasteiger charge is 2.45. The van der Waals surface area contributed by atoms with Gasteiger partial charge in [-0.1, -0.05) is 48.4 Å². The maximum Gasteiger partial charge on any atom is 0.297 e. The summed E-state index contributed by atoms with van der Waals surface area (Å²) in [6.45, 7) is 5.88. The van der Waals surface area contributed by atoms with Crippen molar-refractivity contribution in [1.29, 1.82) is 0 Å². The van der Waals surface area contributed by atoms with E-state index in [1.54, 1.807) is 25.1 Å². The lowest BCUT2D eigenvalue weighted by molar-refractivity contribution is 0.0969. The van der Waals surface area contributed by atoms with Crippen LogP contribution < -0.4 is 15.1 Å². The minimum Gasteiger partial charge on any atom is -0.494 e. The Balaban J connectivity index is 1.69. The van der Waals surface area contributed by atoms with Crippen LogP contribution in [0.2, 0.25) is 5.02 Å². The Morgan fingerprint density at radius 3 is 2.61 bits per heavy atom. The molecule has 1 aliphatic heterocycles. The highest BCUT2D eigenvalue weighted by Crippen LogP contribution is 2.43. The van der Waals surface area contributed by atoms with E-state index in [0.717, 1.165) is 24.2 Å². The van der Waals surface area contributed by atoms with Crippen molar-refractivity contribution in [3.63, 3.8) is 0 Å². The van der Waals surface area contributed by atoms with Crippen LogP contribution in [-0.2, 0) is 0 Å². The molecule has 5 rings (SSSR count). The Morgan fingerprint density at radius 2 is 1.94 bits per heavy atom. The molecule has 1 aliphatic rings. The SMILES string of the molecule is CCCCOc1ccc(C2c3c(oc4ccc(Cl)cc4c3=O)C(=O)N2c2nc(C)c(C(C)=O)s2)cc1. The van der Waals surface area contributed by atoms with Gasteiger partial charge in [0.2, 0.25) is 5.76 Å². The molecule has 0 radical (unpaired) electrons. The lowest BCUT2D eigenvalue weighted by Gasteiger charge is -2.22. The van der Waals surface area contributed by atoms with Crippen molar-refractivity contribution in [2.45, 2.75) is 39.7 Å². The fourth-order valence-corrected chi connectivity index (χ4v) is 5.51. The number of aryl methyl sites for hydroxylation is 1. The minimum atomic E-state index is -0.790. The third-order valence-corrected chi connectivity index (χ3v) is 7.60. The van der Waals surface area contributed by atoms with E-state index in [-0.39, 0.29) is 28.1 Å². The molecule has 36 heavy (non-hydrogen) atoms. The molecular weight excluding hydrogens is 500 g/mol. The topological polar surface area (TPSA) is 89.7 Å². The second-order valence-electron chi connectivity index (χ2n) is 8.63. The summed E-state index contributed by atoms with van der Waals surface area (Å²) in [5.41, 5.74) is 1.37.